The number of nitrogens with zero attached hydrogens (tertiary/aromatic N) is 1. The van der Waals surface area contributed by atoms with Crippen LogP contribution in [0, 0.1) is 0 Å². The second kappa shape index (κ2) is 5.79. The molecule has 1 fully saturated rings. The van der Waals surface area contributed by atoms with Crippen LogP contribution in [0.15, 0.2) is 24.3 Å². The standard InChI is InChI=1S/C15H17F2NO3/c1-10(19)9-12-7-8-15(16,17)14(20)18(12)11-3-5-13(21-2)6-4-11/h3-6,12H,7-9H2,1-2H3. The number of alkyl halides is 2. The number of rotatable bonds is 4. The van der Waals surface area contributed by atoms with Gasteiger partial charge in [0.05, 0.1) is 7.11 Å². The van der Waals surface area contributed by atoms with E-state index in [9.17, 15) is 18.4 Å². The number of carbonyl (C=O) groups excluding carboxylic acids is 2. The van der Waals surface area contributed by atoms with Crippen molar-refractivity contribution in [3.05, 3.63) is 24.3 Å². The molecule has 4 nitrogen and oxygen atoms in total. The van der Waals surface area contributed by atoms with Gasteiger partial charge in [0.1, 0.15) is 11.5 Å². The van der Waals surface area contributed by atoms with Gasteiger partial charge >= 0.3 is 5.92 Å². The van der Waals surface area contributed by atoms with Gasteiger partial charge in [-0.1, -0.05) is 0 Å². The molecule has 1 saturated heterocycles. The Bertz CT molecular complexity index is 542. The summed E-state index contributed by atoms with van der Waals surface area (Å²) in [5.41, 5.74) is 0.353. The summed E-state index contributed by atoms with van der Waals surface area (Å²) in [6.45, 7) is 1.39. The largest absolute Gasteiger partial charge is 0.497 e. The van der Waals surface area contributed by atoms with Crippen molar-refractivity contribution in [3.8, 4) is 5.75 Å². The van der Waals surface area contributed by atoms with Gasteiger partial charge in [-0.25, -0.2) is 0 Å². The highest BCUT2D eigenvalue weighted by atomic mass is 19.3. The lowest BCUT2D eigenvalue weighted by atomic mass is 9.94. The van der Waals surface area contributed by atoms with E-state index in [0.717, 1.165) is 4.90 Å². The van der Waals surface area contributed by atoms with Crippen molar-refractivity contribution < 1.29 is 23.1 Å². The Labute approximate surface area is 121 Å². The van der Waals surface area contributed by atoms with Crippen LogP contribution in [0.1, 0.15) is 26.2 Å². The first-order chi connectivity index (χ1) is 9.85. The second-order valence-electron chi connectivity index (χ2n) is 5.18. The minimum Gasteiger partial charge on any atom is -0.497 e. The summed E-state index contributed by atoms with van der Waals surface area (Å²) in [5.74, 6) is -4.19. The zero-order valence-electron chi connectivity index (χ0n) is 11.9. The molecule has 0 aromatic heterocycles. The van der Waals surface area contributed by atoms with Crippen LogP contribution in [-0.2, 0) is 9.59 Å². The van der Waals surface area contributed by atoms with Crippen LogP contribution in [0.3, 0.4) is 0 Å². The monoisotopic (exact) mass is 297 g/mol. The normalized spacial score (nSPS) is 21.2. The van der Waals surface area contributed by atoms with Gasteiger partial charge in [0.25, 0.3) is 5.91 Å². The fourth-order valence-electron chi connectivity index (χ4n) is 2.52. The zero-order chi connectivity index (χ0) is 15.6. The van der Waals surface area contributed by atoms with Gasteiger partial charge in [-0.05, 0) is 37.6 Å². The maximum atomic E-state index is 13.7. The molecule has 21 heavy (non-hydrogen) atoms. The summed E-state index contributed by atoms with van der Waals surface area (Å²) < 4.78 is 32.4. The number of methoxy groups -OCH3 is 1. The van der Waals surface area contributed by atoms with Crippen molar-refractivity contribution in [1.82, 2.24) is 0 Å². The number of ether oxygens (including phenoxy) is 1. The highest BCUT2D eigenvalue weighted by Gasteiger charge is 2.49. The van der Waals surface area contributed by atoms with Crippen LogP contribution >= 0.6 is 0 Å². The van der Waals surface area contributed by atoms with E-state index in [1.54, 1.807) is 24.3 Å². The number of ketones is 1. The molecule has 1 unspecified atom stereocenters. The van der Waals surface area contributed by atoms with Crippen LogP contribution in [0.4, 0.5) is 14.5 Å². The minimum atomic E-state index is -3.38. The van der Waals surface area contributed by atoms with Crippen molar-refractivity contribution in [1.29, 1.82) is 0 Å². The molecule has 0 spiro atoms. The van der Waals surface area contributed by atoms with E-state index in [0.29, 0.717) is 11.4 Å². The quantitative estimate of drug-likeness (QED) is 0.858. The van der Waals surface area contributed by atoms with Crippen molar-refractivity contribution in [2.45, 2.75) is 38.2 Å². The second-order valence-corrected chi connectivity index (χ2v) is 5.18. The molecule has 1 heterocycles. The molecular formula is C15H17F2NO3. The number of halogens is 2. The maximum absolute atomic E-state index is 13.7. The number of Topliss-reactive ketones (excluding diaryl/α,β-unsaturated/α-hetero) is 1. The van der Waals surface area contributed by atoms with Crippen LogP contribution in [0.2, 0.25) is 0 Å². The number of piperidine rings is 1. The van der Waals surface area contributed by atoms with E-state index in [1.807, 2.05) is 0 Å². The highest BCUT2D eigenvalue weighted by molar-refractivity contribution is 6.00. The summed E-state index contributed by atoms with van der Waals surface area (Å²) in [7, 11) is 1.49. The molecule has 1 aliphatic heterocycles. The number of hydrogen-bond donors (Lipinski definition) is 0. The summed E-state index contributed by atoms with van der Waals surface area (Å²) in [4.78, 5) is 24.4. The molecule has 0 bridgehead atoms. The van der Waals surface area contributed by atoms with Gasteiger partial charge in [-0.2, -0.15) is 8.78 Å². The molecule has 0 saturated carbocycles. The highest BCUT2D eigenvalue weighted by Crippen LogP contribution is 2.36. The molecule has 1 aromatic rings. The minimum absolute atomic E-state index is 0.0772. The van der Waals surface area contributed by atoms with Crippen LogP contribution in [0.25, 0.3) is 0 Å². The van der Waals surface area contributed by atoms with Gasteiger partial charge < -0.3 is 9.64 Å². The van der Waals surface area contributed by atoms with E-state index < -0.39 is 24.3 Å². The van der Waals surface area contributed by atoms with Gasteiger partial charge in [0.15, 0.2) is 0 Å². The van der Waals surface area contributed by atoms with Crippen LogP contribution < -0.4 is 9.64 Å². The van der Waals surface area contributed by atoms with Crippen LogP contribution in [0.5, 0.6) is 5.75 Å². The van der Waals surface area contributed by atoms with E-state index in [2.05, 4.69) is 0 Å². The number of hydrogen-bond acceptors (Lipinski definition) is 3. The lowest BCUT2D eigenvalue weighted by Crippen LogP contribution is -2.54. The van der Waals surface area contributed by atoms with E-state index in [4.69, 9.17) is 4.74 Å². The predicted octanol–water partition coefficient (Wildman–Crippen LogP) is 2.81. The van der Waals surface area contributed by atoms with E-state index >= 15 is 0 Å². The summed E-state index contributed by atoms with van der Waals surface area (Å²) in [5, 5.41) is 0. The van der Waals surface area contributed by atoms with Gasteiger partial charge in [0.2, 0.25) is 0 Å². The lowest BCUT2D eigenvalue weighted by molar-refractivity contribution is -0.147. The van der Waals surface area contributed by atoms with E-state index in [1.165, 1.54) is 14.0 Å². The molecular weight excluding hydrogens is 280 g/mol. The van der Waals surface area contributed by atoms with Gasteiger partial charge in [-0.3, -0.25) is 9.59 Å². The Morgan fingerprint density at radius 1 is 1.38 bits per heavy atom. The smallest absolute Gasteiger partial charge is 0.325 e. The lowest BCUT2D eigenvalue weighted by Gasteiger charge is -2.38. The first-order valence-electron chi connectivity index (χ1n) is 6.70. The summed E-state index contributed by atoms with van der Waals surface area (Å²) in [6.07, 6.45) is -0.339. The van der Waals surface area contributed by atoms with Crippen molar-refractivity contribution >= 4 is 17.4 Å². The number of anilines is 1. The molecule has 1 aromatic carbocycles. The molecule has 0 aliphatic carbocycles. The molecule has 0 N–H and O–H groups in total. The van der Waals surface area contributed by atoms with Crippen molar-refractivity contribution in [2.24, 2.45) is 0 Å². The third-order valence-electron chi connectivity index (χ3n) is 3.56. The zero-order valence-corrected chi connectivity index (χ0v) is 11.9. The Kier molecular flexibility index (Phi) is 4.25. The third kappa shape index (κ3) is 3.20. The van der Waals surface area contributed by atoms with Crippen LogP contribution in [-0.4, -0.2) is 30.8 Å². The SMILES string of the molecule is COc1ccc(N2C(=O)C(F)(F)CCC2CC(C)=O)cc1. The molecule has 2 rings (SSSR count). The van der Waals surface area contributed by atoms with Crippen molar-refractivity contribution in [3.63, 3.8) is 0 Å². The van der Waals surface area contributed by atoms with Gasteiger partial charge in [-0.15, -0.1) is 0 Å². The Morgan fingerprint density at radius 3 is 2.52 bits per heavy atom. The molecule has 1 atom stereocenters. The number of benzene rings is 1. The fourth-order valence-corrected chi connectivity index (χ4v) is 2.52. The molecule has 6 heteroatoms. The Hall–Kier alpha value is -1.98. The number of carbonyl (C=O) groups is 2. The Morgan fingerprint density at radius 2 is 2.00 bits per heavy atom. The first kappa shape index (κ1) is 15.4. The maximum Gasteiger partial charge on any atom is 0.325 e. The average molecular weight is 297 g/mol. The van der Waals surface area contributed by atoms with Crippen molar-refractivity contribution in [2.75, 3.05) is 12.0 Å². The topological polar surface area (TPSA) is 46.6 Å². The average Bonchev–Trinajstić information content (AvgIpc) is 2.43. The fraction of sp³-hybridized carbons (Fsp3) is 0.467. The molecule has 1 aliphatic rings. The Balaban J connectivity index is 2.35. The third-order valence-corrected chi connectivity index (χ3v) is 3.56. The predicted molar refractivity (Wildman–Crippen MR) is 73.7 cm³/mol. The summed E-state index contributed by atoms with van der Waals surface area (Å²) >= 11 is 0. The molecule has 1 amide bonds. The van der Waals surface area contributed by atoms with Gasteiger partial charge in [0, 0.05) is 24.6 Å². The summed E-state index contributed by atoms with van der Waals surface area (Å²) in [6, 6.07) is 5.76. The first-order valence-corrected chi connectivity index (χ1v) is 6.70. The molecule has 114 valence electrons. The van der Waals surface area contributed by atoms with E-state index in [-0.39, 0.29) is 18.6 Å². The number of amides is 1. The molecule has 0 radical (unpaired) electrons.